The first-order valence-electron chi connectivity index (χ1n) is 7.27. The Morgan fingerprint density at radius 1 is 1.40 bits per heavy atom. The highest BCUT2D eigenvalue weighted by Gasteiger charge is 2.13. The molecule has 1 amide bonds. The van der Waals surface area contributed by atoms with Crippen LogP contribution < -0.4 is 4.80 Å². The van der Waals surface area contributed by atoms with Crippen LogP contribution in [0, 0.1) is 12.3 Å². The van der Waals surface area contributed by atoms with Crippen LogP contribution in [-0.4, -0.2) is 33.3 Å². The van der Waals surface area contributed by atoms with Gasteiger partial charge in [0, 0.05) is 13.2 Å². The van der Waals surface area contributed by atoms with E-state index in [0.29, 0.717) is 16.1 Å². The predicted molar refractivity (Wildman–Crippen MR) is 93.1 cm³/mol. The molecule has 25 heavy (non-hydrogen) atoms. The Morgan fingerprint density at radius 2 is 2.20 bits per heavy atom. The number of carbonyl (C=O) groups is 2. The Bertz CT molecular complexity index is 1080. The van der Waals surface area contributed by atoms with Gasteiger partial charge in [-0.15, -0.1) is 6.42 Å². The molecule has 0 aliphatic rings. The van der Waals surface area contributed by atoms with Gasteiger partial charge in [0.25, 0.3) is 5.91 Å². The van der Waals surface area contributed by atoms with E-state index >= 15 is 0 Å². The Labute approximate surface area is 147 Å². The summed E-state index contributed by atoms with van der Waals surface area (Å²) in [4.78, 5) is 28.7. The van der Waals surface area contributed by atoms with E-state index in [2.05, 4.69) is 16.0 Å². The van der Waals surface area contributed by atoms with Gasteiger partial charge in [0.1, 0.15) is 5.69 Å². The van der Waals surface area contributed by atoms with Crippen LogP contribution in [0.5, 0.6) is 0 Å². The van der Waals surface area contributed by atoms with Gasteiger partial charge in [-0.3, -0.25) is 9.48 Å². The number of aromatic nitrogens is 3. The van der Waals surface area contributed by atoms with E-state index in [0.717, 1.165) is 10.2 Å². The second kappa shape index (κ2) is 6.75. The summed E-state index contributed by atoms with van der Waals surface area (Å²) in [5.41, 5.74) is 1.60. The number of nitrogens with zero attached hydrogens (tertiary/aromatic N) is 4. The van der Waals surface area contributed by atoms with Crippen molar-refractivity contribution in [3.63, 3.8) is 0 Å². The second-order valence-corrected chi connectivity index (χ2v) is 6.12. The topological polar surface area (TPSA) is 78.5 Å². The predicted octanol–water partition coefficient (Wildman–Crippen LogP) is 1.60. The van der Waals surface area contributed by atoms with Gasteiger partial charge < -0.3 is 9.30 Å². The van der Waals surface area contributed by atoms with Crippen molar-refractivity contribution in [3.05, 3.63) is 46.5 Å². The van der Waals surface area contributed by atoms with Gasteiger partial charge in [0.05, 0.1) is 29.4 Å². The number of carbonyl (C=O) groups excluding carboxylic acids is 2. The first-order chi connectivity index (χ1) is 12.0. The Morgan fingerprint density at radius 3 is 2.84 bits per heavy atom. The summed E-state index contributed by atoms with van der Waals surface area (Å²) in [5.74, 6) is 1.72. The molecule has 0 unspecified atom stereocenters. The van der Waals surface area contributed by atoms with Gasteiger partial charge >= 0.3 is 5.97 Å². The fourth-order valence-corrected chi connectivity index (χ4v) is 3.44. The molecule has 0 fully saturated rings. The number of ether oxygens (including phenoxy) is 1. The van der Waals surface area contributed by atoms with Gasteiger partial charge in [0.15, 0.2) is 4.80 Å². The maximum absolute atomic E-state index is 12.4. The van der Waals surface area contributed by atoms with Crippen LogP contribution in [-0.2, 0) is 18.3 Å². The number of rotatable bonds is 3. The minimum absolute atomic E-state index is 0.259. The van der Waals surface area contributed by atoms with Gasteiger partial charge in [0.2, 0.25) is 0 Å². The zero-order valence-corrected chi connectivity index (χ0v) is 14.4. The van der Waals surface area contributed by atoms with Crippen LogP contribution in [0.1, 0.15) is 20.8 Å². The average molecular weight is 354 g/mol. The van der Waals surface area contributed by atoms with E-state index in [9.17, 15) is 9.59 Å². The molecule has 0 spiro atoms. The molecule has 0 N–H and O–H groups in total. The summed E-state index contributed by atoms with van der Waals surface area (Å²) in [6.07, 6.45) is 6.98. The Hall–Kier alpha value is -3.18. The van der Waals surface area contributed by atoms with E-state index in [1.54, 1.807) is 35.9 Å². The molecule has 8 heteroatoms. The number of thiazole rings is 1. The quantitative estimate of drug-likeness (QED) is 0.529. The van der Waals surface area contributed by atoms with Crippen LogP contribution in [0.3, 0.4) is 0 Å². The first-order valence-corrected chi connectivity index (χ1v) is 8.09. The zero-order valence-electron chi connectivity index (χ0n) is 13.6. The maximum Gasteiger partial charge on any atom is 0.337 e. The summed E-state index contributed by atoms with van der Waals surface area (Å²) >= 11 is 1.28. The summed E-state index contributed by atoms with van der Waals surface area (Å²) in [6, 6.07) is 6.72. The molecular formula is C17H14N4O3S. The molecule has 0 aliphatic carbocycles. The third-order valence-electron chi connectivity index (χ3n) is 3.59. The number of hydrogen-bond donors (Lipinski definition) is 0. The van der Waals surface area contributed by atoms with Gasteiger partial charge in [-0.2, -0.15) is 10.1 Å². The number of fused-ring (bicyclic) bond motifs is 1. The number of hydrogen-bond acceptors (Lipinski definition) is 5. The normalized spacial score (nSPS) is 11.5. The molecule has 0 atom stereocenters. The van der Waals surface area contributed by atoms with E-state index in [4.69, 9.17) is 11.2 Å². The minimum atomic E-state index is -0.428. The number of terminal acetylenes is 1. The standard InChI is InChI=1S/C17H14N4O3S/c1-4-9-21-12-6-5-11(16(23)24-3)10-14(12)25-17(21)19-15(22)13-7-8-18-20(13)2/h1,5-8,10H,9H2,2-3H3. The first kappa shape index (κ1) is 16.7. The Balaban J connectivity index is 2.17. The molecule has 2 aromatic heterocycles. The number of amides is 1. The zero-order chi connectivity index (χ0) is 18.0. The van der Waals surface area contributed by atoms with Crippen molar-refractivity contribution in [2.24, 2.45) is 12.0 Å². The molecule has 1 aromatic carbocycles. The lowest BCUT2D eigenvalue weighted by atomic mass is 10.2. The summed E-state index contributed by atoms with van der Waals surface area (Å²) in [5, 5.41) is 3.97. The average Bonchev–Trinajstić information content (AvgIpc) is 3.18. The third-order valence-corrected chi connectivity index (χ3v) is 4.63. The van der Waals surface area contributed by atoms with Crippen LogP contribution in [0.15, 0.2) is 35.5 Å². The number of benzene rings is 1. The molecule has 3 aromatic rings. The summed E-state index contributed by atoms with van der Waals surface area (Å²) in [6.45, 7) is 0.259. The highest BCUT2D eigenvalue weighted by Crippen LogP contribution is 2.20. The van der Waals surface area contributed by atoms with Crippen molar-refractivity contribution in [2.45, 2.75) is 6.54 Å². The molecule has 3 rings (SSSR count). The maximum atomic E-state index is 12.4. The van der Waals surface area contributed by atoms with E-state index < -0.39 is 11.9 Å². The minimum Gasteiger partial charge on any atom is -0.465 e. The van der Waals surface area contributed by atoms with Gasteiger partial charge in [-0.05, 0) is 24.3 Å². The number of methoxy groups -OCH3 is 1. The molecule has 0 saturated heterocycles. The van der Waals surface area contributed by atoms with Crippen LogP contribution in [0.4, 0.5) is 0 Å². The van der Waals surface area contributed by atoms with Gasteiger partial charge in [-0.25, -0.2) is 4.79 Å². The van der Waals surface area contributed by atoms with Crippen molar-refractivity contribution in [1.29, 1.82) is 0 Å². The van der Waals surface area contributed by atoms with Crippen molar-refractivity contribution >= 4 is 33.4 Å². The monoisotopic (exact) mass is 354 g/mol. The van der Waals surface area contributed by atoms with Crippen molar-refractivity contribution in [3.8, 4) is 12.3 Å². The molecule has 0 radical (unpaired) electrons. The highest BCUT2D eigenvalue weighted by molar-refractivity contribution is 7.16. The van der Waals surface area contributed by atoms with Crippen LogP contribution in [0.25, 0.3) is 10.2 Å². The van der Waals surface area contributed by atoms with E-state index in [-0.39, 0.29) is 6.54 Å². The highest BCUT2D eigenvalue weighted by atomic mass is 32.1. The second-order valence-electron chi connectivity index (χ2n) is 5.11. The molecule has 0 bridgehead atoms. The SMILES string of the molecule is C#CCn1c(=NC(=O)c2ccnn2C)sc2cc(C(=O)OC)ccc21. The summed E-state index contributed by atoms with van der Waals surface area (Å²) < 4.78 is 8.74. The van der Waals surface area contributed by atoms with Crippen molar-refractivity contribution in [1.82, 2.24) is 14.3 Å². The molecule has 7 nitrogen and oxygen atoms in total. The molecule has 126 valence electrons. The molecule has 0 saturated carbocycles. The third kappa shape index (κ3) is 3.09. The van der Waals surface area contributed by atoms with Crippen LogP contribution >= 0.6 is 11.3 Å². The molecule has 2 heterocycles. The fourth-order valence-electron chi connectivity index (χ4n) is 2.38. The summed E-state index contributed by atoms with van der Waals surface area (Å²) in [7, 11) is 3.00. The lowest BCUT2D eigenvalue weighted by Gasteiger charge is -2.01. The lowest BCUT2D eigenvalue weighted by Crippen LogP contribution is -2.17. The largest absolute Gasteiger partial charge is 0.465 e. The Kier molecular flexibility index (Phi) is 4.50. The van der Waals surface area contributed by atoms with Crippen LogP contribution in [0.2, 0.25) is 0 Å². The smallest absolute Gasteiger partial charge is 0.337 e. The molecular weight excluding hydrogens is 340 g/mol. The van der Waals surface area contributed by atoms with Crippen molar-refractivity contribution < 1.29 is 14.3 Å². The fraction of sp³-hybridized carbons (Fsp3) is 0.176. The van der Waals surface area contributed by atoms with E-state index in [1.807, 2.05) is 0 Å². The van der Waals surface area contributed by atoms with E-state index in [1.165, 1.54) is 29.3 Å². The molecule has 0 aliphatic heterocycles. The number of esters is 1. The lowest BCUT2D eigenvalue weighted by molar-refractivity contribution is 0.0601. The van der Waals surface area contributed by atoms with Crippen molar-refractivity contribution in [2.75, 3.05) is 7.11 Å². The number of aryl methyl sites for hydroxylation is 1. The van der Waals surface area contributed by atoms with Gasteiger partial charge in [-0.1, -0.05) is 17.3 Å².